The summed E-state index contributed by atoms with van der Waals surface area (Å²) < 4.78 is 4.65. The van der Waals surface area contributed by atoms with E-state index in [0.29, 0.717) is 13.0 Å². The van der Waals surface area contributed by atoms with Crippen LogP contribution in [0.2, 0.25) is 0 Å². The van der Waals surface area contributed by atoms with E-state index in [1.165, 1.54) is 7.11 Å². The van der Waals surface area contributed by atoms with Crippen LogP contribution in [0.5, 0.6) is 0 Å². The normalized spacial score (nSPS) is 11.2. The fourth-order valence-corrected chi connectivity index (χ4v) is 1.61. The molecule has 0 fully saturated rings. The molecule has 102 valence electrons. The average molecular weight is 245 g/mol. The van der Waals surface area contributed by atoms with E-state index in [1.54, 1.807) is 0 Å². The standard InChI is InChI=1S/C12H27N3O2/c1-14(2)8-5-10-15(9-4-7-13)11-6-12(16)17-3/h4-11,13H2,1-3H3. The van der Waals surface area contributed by atoms with Gasteiger partial charge in [-0.3, -0.25) is 4.79 Å². The molecule has 0 spiro atoms. The van der Waals surface area contributed by atoms with E-state index in [1.807, 2.05) is 0 Å². The van der Waals surface area contributed by atoms with Crippen molar-refractivity contribution in [2.75, 3.05) is 53.9 Å². The molecule has 0 aromatic carbocycles. The maximum Gasteiger partial charge on any atom is 0.306 e. The van der Waals surface area contributed by atoms with Gasteiger partial charge in [-0.15, -0.1) is 0 Å². The lowest BCUT2D eigenvalue weighted by Gasteiger charge is -2.22. The molecule has 0 aliphatic rings. The van der Waals surface area contributed by atoms with E-state index >= 15 is 0 Å². The third-order valence-electron chi connectivity index (χ3n) is 2.62. The van der Waals surface area contributed by atoms with Crippen molar-refractivity contribution in [3.63, 3.8) is 0 Å². The number of hydrogen-bond acceptors (Lipinski definition) is 5. The number of nitrogens with two attached hydrogens (primary N) is 1. The van der Waals surface area contributed by atoms with Crippen molar-refractivity contribution in [2.45, 2.75) is 19.3 Å². The Morgan fingerprint density at radius 3 is 2.29 bits per heavy atom. The first-order valence-electron chi connectivity index (χ1n) is 6.24. The molecular weight excluding hydrogens is 218 g/mol. The van der Waals surface area contributed by atoms with Crippen LogP contribution < -0.4 is 5.73 Å². The quantitative estimate of drug-likeness (QED) is 0.555. The van der Waals surface area contributed by atoms with Gasteiger partial charge in [0.1, 0.15) is 0 Å². The van der Waals surface area contributed by atoms with Crippen LogP contribution in [0.1, 0.15) is 19.3 Å². The molecule has 0 amide bonds. The summed E-state index contributed by atoms with van der Waals surface area (Å²) in [6.45, 7) is 4.50. The molecule has 0 aromatic heterocycles. The van der Waals surface area contributed by atoms with Crippen molar-refractivity contribution in [1.29, 1.82) is 0 Å². The summed E-state index contributed by atoms with van der Waals surface area (Å²) in [4.78, 5) is 15.5. The van der Waals surface area contributed by atoms with Crippen molar-refractivity contribution < 1.29 is 9.53 Å². The van der Waals surface area contributed by atoms with Crippen molar-refractivity contribution in [3.05, 3.63) is 0 Å². The molecule has 0 atom stereocenters. The van der Waals surface area contributed by atoms with Crippen molar-refractivity contribution in [3.8, 4) is 0 Å². The van der Waals surface area contributed by atoms with Gasteiger partial charge in [0.2, 0.25) is 0 Å². The molecule has 17 heavy (non-hydrogen) atoms. The third-order valence-corrected chi connectivity index (χ3v) is 2.62. The number of carbonyl (C=O) groups is 1. The first kappa shape index (κ1) is 16.4. The molecule has 2 N–H and O–H groups in total. The lowest BCUT2D eigenvalue weighted by molar-refractivity contribution is -0.141. The molecule has 0 radical (unpaired) electrons. The van der Waals surface area contributed by atoms with Gasteiger partial charge in [-0.25, -0.2) is 0 Å². The number of methoxy groups -OCH3 is 1. The monoisotopic (exact) mass is 245 g/mol. The molecule has 0 aromatic rings. The van der Waals surface area contributed by atoms with Crippen LogP contribution in [0.4, 0.5) is 0 Å². The molecule has 0 aliphatic carbocycles. The Morgan fingerprint density at radius 1 is 1.12 bits per heavy atom. The van der Waals surface area contributed by atoms with Gasteiger partial charge in [0.25, 0.3) is 0 Å². The van der Waals surface area contributed by atoms with E-state index in [2.05, 4.69) is 28.6 Å². The van der Waals surface area contributed by atoms with Crippen LogP contribution in [0.3, 0.4) is 0 Å². The van der Waals surface area contributed by atoms with Crippen LogP contribution in [0, 0.1) is 0 Å². The second-order valence-electron chi connectivity index (χ2n) is 4.47. The van der Waals surface area contributed by atoms with Gasteiger partial charge >= 0.3 is 5.97 Å². The van der Waals surface area contributed by atoms with Gasteiger partial charge in [0.15, 0.2) is 0 Å². The first-order chi connectivity index (χ1) is 8.10. The zero-order valence-corrected chi connectivity index (χ0v) is 11.4. The summed E-state index contributed by atoms with van der Waals surface area (Å²) in [5.41, 5.74) is 5.51. The van der Waals surface area contributed by atoms with E-state index in [9.17, 15) is 4.79 Å². The molecule has 0 heterocycles. The highest BCUT2D eigenvalue weighted by atomic mass is 16.5. The van der Waals surface area contributed by atoms with Crippen LogP contribution in [-0.2, 0) is 9.53 Å². The third kappa shape index (κ3) is 10.2. The summed E-state index contributed by atoms with van der Waals surface area (Å²) in [6.07, 6.45) is 2.55. The Balaban J connectivity index is 3.82. The number of esters is 1. The number of nitrogens with zero attached hydrogens (tertiary/aromatic N) is 2. The van der Waals surface area contributed by atoms with E-state index < -0.39 is 0 Å². The minimum atomic E-state index is -0.143. The Kier molecular flexibility index (Phi) is 10.1. The molecular formula is C12H27N3O2. The van der Waals surface area contributed by atoms with Gasteiger partial charge in [-0.05, 0) is 53.1 Å². The summed E-state index contributed by atoms with van der Waals surface area (Å²) >= 11 is 0. The molecule has 0 saturated carbocycles. The van der Waals surface area contributed by atoms with E-state index in [0.717, 1.165) is 39.0 Å². The van der Waals surface area contributed by atoms with E-state index in [-0.39, 0.29) is 5.97 Å². The molecule has 0 aliphatic heterocycles. The zero-order valence-electron chi connectivity index (χ0n) is 11.4. The fraction of sp³-hybridized carbons (Fsp3) is 0.917. The summed E-state index contributed by atoms with van der Waals surface area (Å²) in [5.74, 6) is -0.143. The minimum absolute atomic E-state index is 0.143. The first-order valence-corrected chi connectivity index (χ1v) is 6.24. The smallest absolute Gasteiger partial charge is 0.306 e. The molecule has 5 nitrogen and oxygen atoms in total. The SMILES string of the molecule is COC(=O)CCN(CCCN)CCCN(C)C. The zero-order chi connectivity index (χ0) is 13.1. The highest BCUT2D eigenvalue weighted by Crippen LogP contribution is 1.98. The lowest BCUT2D eigenvalue weighted by atomic mass is 10.3. The van der Waals surface area contributed by atoms with Crippen molar-refractivity contribution >= 4 is 5.97 Å². The molecule has 0 saturated heterocycles. The maximum absolute atomic E-state index is 11.1. The maximum atomic E-state index is 11.1. The predicted molar refractivity (Wildman–Crippen MR) is 69.9 cm³/mol. The number of carbonyl (C=O) groups excluding carboxylic acids is 1. The largest absolute Gasteiger partial charge is 0.469 e. The molecule has 5 heteroatoms. The summed E-state index contributed by atoms with van der Waals surface area (Å²) in [5, 5.41) is 0. The predicted octanol–water partition coefficient (Wildman–Crippen LogP) is 0.152. The highest BCUT2D eigenvalue weighted by Gasteiger charge is 2.08. The highest BCUT2D eigenvalue weighted by molar-refractivity contribution is 5.69. The van der Waals surface area contributed by atoms with Crippen LogP contribution in [-0.4, -0.2) is 69.7 Å². The Bertz CT molecular complexity index is 198. The Morgan fingerprint density at radius 2 is 1.76 bits per heavy atom. The minimum Gasteiger partial charge on any atom is -0.469 e. The van der Waals surface area contributed by atoms with Crippen molar-refractivity contribution in [1.82, 2.24) is 9.80 Å². The summed E-state index contributed by atoms with van der Waals surface area (Å²) in [6, 6.07) is 0. The van der Waals surface area contributed by atoms with Crippen LogP contribution in [0.25, 0.3) is 0 Å². The van der Waals surface area contributed by atoms with E-state index in [4.69, 9.17) is 5.73 Å². The second-order valence-corrected chi connectivity index (χ2v) is 4.47. The fourth-order valence-electron chi connectivity index (χ4n) is 1.61. The van der Waals surface area contributed by atoms with Gasteiger partial charge in [0, 0.05) is 6.54 Å². The van der Waals surface area contributed by atoms with Gasteiger partial charge in [-0.1, -0.05) is 0 Å². The number of hydrogen-bond donors (Lipinski definition) is 1. The average Bonchev–Trinajstić information content (AvgIpc) is 2.31. The Hall–Kier alpha value is -0.650. The number of rotatable bonds is 10. The van der Waals surface area contributed by atoms with Gasteiger partial charge < -0.3 is 20.3 Å². The second kappa shape index (κ2) is 10.5. The van der Waals surface area contributed by atoms with Crippen LogP contribution >= 0.6 is 0 Å². The topological polar surface area (TPSA) is 58.8 Å². The summed E-state index contributed by atoms with van der Waals surface area (Å²) in [7, 11) is 5.57. The lowest BCUT2D eigenvalue weighted by Crippen LogP contribution is -2.31. The van der Waals surface area contributed by atoms with Crippen LogP contribution in [0.15, 0.2) is 0 Å². The number of ether oxygens (including phenoxy) is 1. The van der Waals surface area contributed by atoms with Gasteiger partial charge in [0.05, 0.1) is 13.5 Å². The molecule has 0 unspecified atom stereocenters. The molecule has 0 rings (SSSR count). The molecule has 0 bridgehead atoms. The van der Waals surface area contributed by atoms with Crippen molar-refractivity contribution in [2.24, 2.45) is 5.73 Å². The van der Waals surface area contributed by atoms with Gasteiger partial charge in [-0.2, -0.15) is 0 Å². The Labute approximate surface area is 105 Å².